The molecule has 0 aromatic heterocycles. The number of likely N-dealkylation sites (N-methyl/N-ethyl adjacent to an activating group) is 1. The lowest BCUT2D eigenvalue weighted by molar-refractivity contribution is 0.0983. The Morgan fingerprint density at radius 3 is 2.76 bits per heavy atom. The maximum Gasteiger partial charge on any atom is 0.0470 e. The minimum atomic E-state index is 0.385. The first-order valence-corrected chi connectivity index (χ1v) is 8.38. The van der Waals surface area contributed by atoms with Gasteiger partial charge in [0, 0.05) is 38.4 Å². The Kier molecular flexibility index (Phi) is 4.23. The van der Waals surface area contributed by atoms with Gasteiger partial charge in [-0.25, -0.2) is 0 Å². The van der Waals surface area contributed by atoms with Gasteiger partial charge in [0.05, 0.1) is 0 Å². The summed E-state index contributed by atoms with van der Waals surface area (Å²) >= 11 is 0. The molecule has 2 N–H and O–H groups in total. The van der Waals surface area contributed by atoms with Crippen LogP contribution in [-0.4, -0.2) is 38.1 Å². The first kappa shape index (κ1) is 14.9. The van der Waals surface area contributed by atoms with Gasteiger partial charge in [-0.1, -0.05) is 26.0 Å². The molecular weight excluding hydrogens is 258 g/mol. The maximum absolute atomic E-state index is 6.14. The van der Waals surface area contributed by atoms with Crippen LogP contribution in [0.15, 0.2) is 18.2 Å². The Hall–Kier alpha value is -1.06. The highest BCUT2D eigenvalue weighted by molar-refractivity contribution is 5.58. The molecule has 0 aliphatic carbocycles. The molecule has 0 bridgehead atoms. The number of nitrogens with zero attached hydrogens (tertiary/aromatic N) is 2. The fourth-order valence-corrected chi connectivity index (χ4v) is 3.87. The van der Waals surface area contributed by atoms with E-state index in [4.69, 9.17) is 5.73 Å². The van der Waals surface area contributed by atoms with Gasteiger partial charge in [0.25, 0.3) is 0 Å². The summed E-state index contributed by atoms with van der Waals surface area (Å²) < 4.78 is 0. The molecule has 0 radical (unpaired) electrons. The van der Waals surface area contributed by atoms with E-state index in [2.05, 4.69) is 48.9 Å². The highest BCUT2D eigenvalue weighted by atomic mass is 15.2. The third-order valence-electron chi connectivity index (χ3n) is 5.65. The van der Waals surface area contributed by atoms with E-state index >= 15 is 0 Å². The van der Waals surface area contributed by atoms with Gasteiger partial charge in [-0.05, 0) is 48.4 Å². The summed E-state index contributed by atoms with van der Waals surface area (Å²) in [5.41, 5.74) is 10.4. The molecule has 0 amide bonds. The van der Waals surface area contributed by atoms with E-state index in [1.165, 1.54) is 42.7 Å². The summed E-state index contributed by atoms with van der Waals surface area (Å²) in [6.07, 6.45) is 2.47. The summed E-state index contributed by atoms with van der Waals surface area (Å²) in [4.78, 5) is 4.95. The molecule has 1 aromatic carbocycles. The third-order valence-corrected chi connectivity index (χ3v) is 5.65. The zero-order chi connectivity index (χ0) is 15.0. The van der Waals surface area contributed by atoms with Crippen LogP contribution in [0, 0.1) is 11.8 Å². The van der Waals surface area contributed by atoms with Crippen molar-refractivity contribution in [3.63, 3.8) is 0 Å². The number of likely N-dealkylation sites (tertiary alicyclic amines) is 1. The van der Waals surface area contributed by atoms with Gasteiger partial charge < -0.3 is 10.6 Å². The lowest BCUT2D eigenvalue weighted by Crippen LogP contribution is -2.43. The molecule has 2 aliphatic rings. The summed E-state index contributed by atoms with van der Waals surface area (Å²) in [6.45, 7) is 8.98. The number of anilines is 1. The van der Waals surface area contributed by atoms with Crippen molar-refractivity contribution in [2.45, 2.75) is 32.7 Å². The molecule has 3 nitrogen and oxygen atoms in total. The molecule has 1 saturated heterocycles. The molecule has 0 spiro atoms. The number of fused-ring (bicyclic) bond motifs is 1. The topological polar surface area (TPSA) is 32.5 Å². The SMILES string of the molecule is CC1CCN(C(CN)c2ccc3c(c2)CCN3C)CC1C. The van der Waals surface area contributed by atoms with Crippen LogP contribution < -0.4 is 10.6 Å². The summed E-state index contributed by atoms with van der Waals surface area (Å²) in [5.74, 6) is 1.61. The lowest BCUT2D eigenvalue weighted by Gasteiger charge is -2.40. The second-order valence-electron chi connectivity index (χ2n) is 7.05. The predicted molar refractivity (Wildman–Crippen MR) is 89.7 cm³/mol. The minimum absolute atomic E-state index is 0.385. The Labute approximate surface area is 129 Å². The van der Waals surface area contributed by atoms with E-state index in [0.717, 1.165) is 24.9 Å². The molecule has 2 heterocycles. The lowest BCUT2D eigenvalue weighted by atomic mass is 9.87. The third kappa shape index (κ3) is 2.82. The van der Waals surface area contributed by atoms with Crippen molar-refractivity contribution in [1.29, 1.82) is 0 Å². The van der Waals surface area contributed by atoms with Gasteiger partial charge in [-0.3, -0.25) is 4.90 Å². The monoisotopic (exact) mass is 287 g/mol. The van der Waals surface area contributed by atoms with E-state index < -0.39 is 0 Å². The van der Waals surface area contributed by atoms with Crippen LogP contribution in [0.3, 0.4) is 0 Å². The number of rotatable bonds is 3. The van der Waals surface area contributed by atoms with Gasteiger partial charge in [0.2, 0.25) is 0 Å². The molecule has 21 heavy (non-hydrogen) atoms. The summed E-state index contributed by atoms with van der Waals surface area (Å²) in [7, 11) is 2.18. The second kappa shape index (κ2) is 5.98. The Morgan fingerprint density at radius 1 is 1.24 bits per heavy atom. The molecule has 3 unspecified atom stereocenters. The smallest absolute Gasteiger partial charge is 0.0470 e. The Bertz CT molecular complexity index is 499. The van der Waals surface area contributed by atoms with Crippen LogP contribution in [0.2, 0.25) is 0 Å². The van der Waals surface area contributed by atoms with Crippen LogP contribution in [-0.2, 0) is 6.42 Å². The van der Waals surface area contributed by atoms with Crippen molar-refractivity contribution < 1.29 is 0 Å². The van der Waals surface area contributed by atoms with Crippen LogP contribution in [0.25, 0.3) is 0 Å². The molecule has 3 rings (SSSR count). The quantitative estimate of drug-likeness (QED) is 0.927. The van der Waals surface area contributed by atoms with Crippen molar-refractivity contribution in [2.75, 3.05) is 38.1 Å². The largest absolute Gasteiger partial charge is 0.374 e. The van der Waals surface area contributed by atoms with Crippen molar-refractivity contribution in [3.05, 3.63) is 29.3 Å². The molecule has 116 valence electrons. The van der Waals surface area contributed by atoms with Crippen molar-refractivity contribution in [2.24, 2.45) is 17.6 Å². The molecule has 2 aliphatic heterocycles. The van der Waals surface area contributed by atoms with Gasteiger partial charge in [0.1, 0.15) is 0 Å². The number of hydrogen-bond donors (Lipinski definition) is 1. The molecular formula is C18H29N3. The number of piperidine rings is 1. The molecule has 3 heteroatoms. The van der Waals surface area contributed by atoms with Crippen LogP contribution in [0.1, 0.15) is 37.4 Å². The fraction of sp³-hybridized carbons (Fsp3) is 0.667. The van der Waals surface area contributed by atoms with Crippen LogP contribution >= 0.6 is 0 Å². The van der Waals surface area contributed by atoms with E-state index in [0.29, 0.717) is 6.04 Å². The average Bonchev–Trinajstić information content (AvgIpc) is 2.85. The molecule has 3 atom stereocenters. The first-order valence-electron chi connectivity index (χ1n) is 8.38. The van der Waals surface area contributed by atoms with Crippen LogP contribution in [0.4, 0.5) is 5.69 Å². The van der Waals surface area contributed by atoms with Gasteiger partial charge in [0.15, 0.2) is 0 Å². The maximum atomic E-state index is 6.14. The molecule has 0 saturated carbocycles. The van der Waals surface area contributed by atoms with Crippen LogP contribution in [0.5, 0.6) is 0 Å². The number of benzene rings is 1. The Balaban J connectivity index is 1.80. The number of hydrogen-bond acceptors (Lipinski definition) is 3. The highest BCUT2D eigenvalue weighted by Crippen LogP contribution is 2.33. The predicted octanol–water partition coefficient (Wildman–Crippen LogP) is 2.66. The zero-order valence-electron chi connectivity index (χ0n) is 13.7. The van der Waals surface area contributed by atoms with Gasteiger partial charge >= 0.3 is 0 Å². The Morgan fingerprint density at radius 2 is 2.05 bits per heavy atom. The molecule has 1 fully saturated rings. The van der Waals surface area contributed by atoms with E-state index in [1.54, 1.807) is 0 Å². The minimum Gasteiger partial charge on any atom is -0.374 e. The van der Waals surface area contributed by atoms with E-state index in [1.807, 2.05) is 0 Å². The van der Waals surface area contributed by atoms with E-state index in [-0.39, 0.29) is 0 Å². The fourth-order valence-electron chi connectivity index (χ4n) is 3.87. The second-order valence-corrected chi connectivity index (χ2v) is 7.05. The van der Waals surface area contributed by atoms with Crippen molar-refractivity contribution in [1.82, 2.24) is 4.90 Å². The molecule has 1 aromatic rings. The van der Waals surface area contributed by atoms with E-state index in [9.17, 15) is 0 Å². The normalized spacial score (nSPS) is 27.7. The standard InChI is InChI=1S/C18H29N3/c1-13-6-9-21(12-14(13)2)18(11-19)15-4-5-17-16(10-15)7-8-20(17)3/h4-5,10,13-14,18H,6-9,11-12,19H2,1-3H3. The zero-order valence-corrected chi connectivity index (χ0v) is 13.7. The first-order chi connectivity index (χ1) is 10.1. The van der Waals surface area contributed by atoms with Crippen molar-refractivity contribution in [3.8, 4) is 0 Å². The van der Waals surface area contributed by atoms with Gasteiger partial charge in [-0.2, -0.15) is 0 Å². The highest BCUT2D eigenvalue weighted by Gasteiger charge is 2.28. The van der Waals surface area contributed by atoms with Gasteiger partial charge in [-0.15, -0.1) is 0 Å². The number of nitrogens with two attached hydrogens (primary N) is 1. The average molecular weight is 287 g/mol. The van der Waals surface area contributed by atoms with Crippen molar-refractivity contribution >= 4 is 5.69 Å². The summed E-state index contributed by atoms with van der Waals surface area (Å²) in [5, 5.41) is 0. The summed E-state index contributed by atoms with van der Waals surface area (Å²) in [6, 6.07) is 7.37.